The molecule has 0 bridgehead atoms. The molecule has 0 spiro atoms. The van der Waals surface area contributed by atoms with Crippen LogP contribution in [-0.2, 0) is 11.1 Å². The minimum atomic E-state index is -3.31. The van der Waals surface area contributed by atoms with Gasteiger partial charge in [0.25, 0.3) is 0 Å². The molecule has 0 aromatic heterocycles. The Morgan fingerprint density at radius 2 is 2.21 bits per heavy atom. The number of benzene rings is 1. The quantitative estimate of drug-likeness (QED) is 0.722. The molecular formula is C15H25NO3. The van der Waals surface area contributed by atoms with E-state index >= 15 is 0 Å². The van der Waals surface area contributed by atoms with Gasteiger partial charge in [0.15, 0.2) is 0 Å². The second kappa shape index (κ2) is 8.91. The van der Waals surface area contributed by atoms with Gasteiger partial charge in [-0.1, -0.05) is 25.8 Å². The average molecular weight is 282 g/mol. The lowest BCUT2D eigenvalue weighted by Gasteiger charge is -2.15. The first-order chi connectivity index (χ1) is 14.8. The Hall–Kier alpha value is -1.10. The molecular weight excluding hydrogens is 242 g/mol. The number of methoxy groups -OCH3 is 1. The molecule has 0 amide bonds. The van der Waals surface area contributed by atoms with Gasteiger partial charge in [0.2, 0.25) is 0 Å². The normalized spacial score (nSPS) is 30.1. The molecule has 0 aliphatic heterocycles. The van der Waals surface area contributed by atoms with Crippen molar-refractivity contribution in [3.63, 3.8) is 0 Å². The second-order valence-corrected chi connectivity index (χ2v) is 3.44. The van der Waals surface area contributed by atoms with E-state index in [9.17, 15) is 5.11 Å². The lowest BCUT2D eigenvalue weighted by atomic mass is 10.1. The van der Waals surface area contributed by atoms with Gasteiger partial charge in [0.1, 0.15) is 18.4 Å². The van der Waals surface area contributed by atoms with Crippen LogP contribution in [0.3, 0.4) is 0 Å². The first-order valence-electron chi connectivity index (χ1n) is 12.8. The molecule has 1 unspecified atom stereocenters. The average Bonchev–Trinajstić information content (AvgIpc) is 2.61. The molecule has 108 valence electrons. The van der Waals surface area contributed by atoms with Gasteiger partial charge >= 0.3 is 0 Å². The Morgan fingerprint density at radius 1 is 1.42 bits per heavy atom. The van der Waals surface area contributed by atoms with Crippen LogP contribution in [0.4, 0.5) is 0 Å². The van der Waals surface area contributed by atoms with Gasteiger partial charge in [-0.05, 0) is 24.1 Å². The van der Waals surface area contributed by atoms with Crippen LogP contribution in [0.1, 0.15) is 39.8 Å². The second-order valence-electron chi connectivity index (χ2n) is 3.44. The number of hydrogen-bond acceptors (Lipinski definition) is 4. The lowest BCUT2D eigenvalue weighted by Crippen LogP contribution is -2.35. The van der Waals surface area contributed by atoms with E-state index < -0.39 is 58.9 Å². The van der Waals surface area contributed by atoms with E-state index in [0.29, 0.717) is 0 Å². The monoisotopic (exact) mass is 282 g/mol. The van der Waals surface area contributed by atoms with Gasteiger partial charge in [0, 0.05) is 31.9 Å². The maximum atomic E-state index is 10.1. The summed E-state index contributed by atoms with van der Waals surface area (Å²) in [5, 5.41) is 12.0. The Bertz CT molecular complexity index is 800. The lowest BCUT2D eigenvalue weighted by molar-refractivity contribution is 0.104. The van der Waals surface area contributed by atoms with Crippen molar-refractivity contribution in [2.45, 2.75) is 32.2 Å². The molecule has 1 aromatic carbocycles. The highest BCUT2D eigenvalue weighted by molar-refractivity contribution is 5.27. The van der Waals surface area contributed by atoms with Crippen LogP contribution in [0, 0.1) is 0 Å². The maximum Gasteiger partial charge on any atom is 0.119 e. The predicted molar refractivity (Wildman–Crippen MR) is 76.7 cm³/mol. The minimum Gasteiger partial charge on any atom is -0.491 e. The number of hydrogen-bond donors (Lipinski definition) is 2. The van der Waals surface area contributed by atoms with Gasteiger partial charge in [-0.3, -0.25) is 0 Å². The third-order valence-corrected chi connectivity index (χ3v) is 1.98. The van der Waals surface area contributed by atoms with Crippen molar-refractivity contribution in [3.05, 3.63) is 29.8 Å². The number of aliphatic hydroxyl groups is 1. The maximum absolute atomic E-state index is 10.1. The van der Waals surface area contributed by atoms with Crippen molar-refractivity contribution in [1.29, 1.82) is 0 Å². The summed E-state index contributed by atoms with van der Waals surface area (Å²) in [6.07, 6.45) is -5.46. The van der Waals surface area contributed by atoms with Gasteiger partial charge in [0.05, 0.1) is 14.8 Å². The van der Waals surface area contributed by atoms with Crippen molar-refractivity contribution in [2.24, 2.45) is 0 Å². The topological polar surface area (TPSA) is 50.7 Å². The largest absolute Gasteiger partial charge is 0.491 e. The summed E-state index contributed by atoms with van der Waals surface area (Å²) in [7, 11) is -3.19. The Balaban J connectivity index is 2.89. The molecule has 0 radical (unpaired) electrons. The van der Waals surface area contributed by atoms with Crippen LogP contribution in [0.25, 0.3) is 0 Å². The third kappa shape index (κ3) is 7.15. The highest BCUT2D eigenvalue weighted by Gasteiger charge is 2.05. The molecule has 0 aliphatic carbocycles. The molecule has 1 rings (SSSR count). The summed E-state index contributed by atoms with van der Waals surface area (Å²) in [6.45, 7) is -11.6. The van der Waals surface area contributed by atoms with Gasteiger partial charge in [-0.15, -0.1) is 0 Å². The summed E-state index contributed by atoms with van der Waals surface area (Å²) < 4.78 is 121. The van der Waals surface area contributed by atoms with Gasteiger partial charge in [-0.2, -0.15) is 0 Å². The predicted octanol–water partition coefficient (Wildman–Crippen LogP) is 1.61. The highest BCUT2D eigenvalue weighted by atomic mass is 16.5. The molecule has 0 heterocycles. The molecule has 0 aliphatic rings. The van der Waals surface area contributed by atoms with Crippen LogP contribution in [-0.4, -0.2) is 44.0 Å². The van der Waals surface area contributed by atoms with Gasteiger partial charge < -0.3 is 19.9 Å². The van der Waals surface area contributed by atoms with E-state index in [2.05, 4.69) is 4.74 Å². The molecule has 1 aromatic rings. The van der Waals surface area contributed by atoms with Crippen molar-refractivity contribution in [2.75, 3.05) is 26.7 Å². The van der Waals surface area contributed by atoms with E-state index in [-0.39, 0.29) is 11.3 Å². The van der Waals surface area contributed by atoms with Gasteiger partial charge in [-0.25, -0.2) is 0 Å². The van der Waals surface area contributed by atoms with Crippen LogP contribution in [0.2, 0.25) is 0 Å². The fourth-order valence-electron chi connectivity index (χ4n) is 1.13. The Morgan fingerprint density at radius 3 is 2.89 bits per heavy atom. The van der Waals surface area contributed by atoms with E-state index in [1.165, 1.54) is 0 Å². The Labute approximate surface area is 136 Å². The summed E-state index contributed by atoms with van der Waals surface area (Å²) in [5.74, 6) is -0.0358. The zero-order chi connectivity index (χ0) is 27.0. The van der Waals surface area contributed by atoms with Crippen molar-refractivity contribution >= 4 is 0 Å². The summed E-state index contributed by atoms with van der Waals surface area (Å²) in [5.41, 5.74) is -0.300. The molecule has 4 nitrogen and oxygen atoms in total. The minimum absolute atomic E-state index is 0.0358. The van der Waals surface area contributed by atoms with E-state index in [1.807, 2.05) is 5.32 Å². The number of nitrogens with one attached hydrogen (secondary N) is 1. The fraction of sp³-hybridized carbons (Fsp3) is 0.600. The number of rotatable bonds is 9. The SMILES string of the molecule is [2H]C(O)(CNC([2H])(C([2H])([2H])[2H])C([2H])([2H])[2H])COc1ccc(C([2H])([2H])C([2H])([2H])OC([2H])([2H])[2H])cc1. The molecule has 1 atom stereocenters. The molecule has 0 fully saturated rings. The molecule has 4 heteroatoms. The zero-order valence-corrected chi connectivity index (χ0v) is 9.99. The molecule has 0 saturated carbocycles. The molecule has 2 N–H and O–H groups in total. The van der Waals surface area contributed by atoms with E-state index in [4.69, 9.17) is 25.3 Å². The first-order valence-corrected chi connectivity index (χ1v) is 5.26. The first kappa shape index (κ1) is 4.72. The smallest absolute Gasteiger partial charge is 0.119 e. The fourth-order valence-corrected chi connectivity index (χ4v) is 1.13. The number of aryl methyl sites for hydroxylation is 1. The van der Waals surface area contributed by atoms with Crippen molar-refractivity contribution in [1.82, 2.24) is 5.32 Å². The number of ether oxygens (including phenoxy) is 2. The highest BCUT2D eigenvalue weighted by Crippen LogP contribution is 2.12. The van der Waals surface area contributed by atoms with Crippen LogP contribution < -0.4 is 10.1 Å². The van der Waals surface area contributed by atoms with Crippen LogP contribution >= 0.6 is 0 Å². The molecule has 0 saturated heterocycles. The summed E-state index contributed by atoms with van der Waals surface area (Å²) >= 11 is 0. The van der Waals surface area contributed by atoms with E-state index in [1.54, 1.807) is 0 Å². The standard InChI is InChI=1S/C15H25NO3/c1-12(2)16-10-14(17)11-19-15-6-4-13(5-7-15)8-9-18-3/h4-7,12,14,16-17H,8-11H2,1-3H3/i1D3,2D3,3D3,8D2,9D2,12D,14D. The zero-order valence-electron chi connectivity index (χ0n) is 25.0. The van der Waals surface area contributed by atoms with Crippen molar-refractivity contribution in [3.8, 4) is 5.75 Å². The molecule has 19 heavy (non-hydrogen) atoms. The summed E-state index contributed by atoms with van der Waals surface area (Å²) in [6, 6.07) is 1.26. The third-order valence-electron chi connectivity index (χ3n) is 1.98. The van der Waals surface area contributed by atoms with Crippen LogP contribution in [0.15, 0.2) is 24.3 Å². The van der Waals surface area contributed by atoms with Crippen molar-refractivity contribution < 1.29 is 35.1 Å². The summed E-state index contributed by atoms with van der Waals surface area (Å²) in [4.78, 5) is 0. The van der Waals surface area contributed by atoms with Crippen LogP contribution in [0.5, 0.6) is 5.75 Å². The Kier molecular flexibility index (Phi) is 2.21. The van der Waals surface area contributed by atoms with E-state index in [0.717, 1.165) is 24.3 Å².